The van der Waals surface area contributed by atoms with Crippen molar-refractivity contribution in [2.45, 2.75) is 39.4 Å². The Kier molecular flexibility index (Phi) is 7.31. The van der Waals surface area contributed by atoms with E-state index in [2.05, 4.69) is 34.5 Å². The summed E-state index contributed by atoms with van der Waals surface area (Å²) in [5.74, 6) is 0.455. The van der Waals surface area contributed by atoms with Crippen molar-refractivity contribution in [3.05, 3.63) is 78.5 Å². The van der Waals surface area contributed by atoms with Crippen molar-refractivity contribution >= 4 is 22.8 Å². The van der Waals surface area contributed by atoms with E-state index in [4.69, 9.17) is 4.42 Å². The zero-order valence-corrected chi connectivity index (χ0v) is 19.3. The quantitative estimate of drug-likeness (QED) is 0.389. The fourth-order valence-corrected chi connectivity index (χ4v) is 3.74. The number of nitrogens with zero attached hydrogens (tertiary/aromatic N) is 5. The van der Waals surface area contributed by atoms with E-state index in [1.54, 1.807) is 47.6 Å². The fraction of sp³-hybridized carbons (Fsp3) is 0.320. The summed E-state index contributed by atoms with van der Waals surface area (Å²) >= 11 is 0. The predicted molar refractivity (Wildman–Crippen MR) is 126 cm³/mol. The number of aromatic nitrogens is 4. The standard InChI is InChI=1S/C25H28N6O3/c1-18(2)11-13-27-25(33)24(19-7-5-12-26-15-19)30(16-20-8-6-14-34-20)23(32)17-31-22-10-4-3-9-21(22)28-29-31/h3-10,12,14-15,18,24H,11,13,16-17H2,1-2H3,(H,27,33)/t24-/m1/s1. The van der Waals surface area contributed by atoms with Crippen molar-refractivity contribution < 1.29 is 14.0 Å². The van der Waals surface area contributed by atoms with Crippen LogP contribution in [0.25, 0.3) is 11.0 Å². The lowest BCUT2D eigenvalue weighted by Crippen LogP contribution is -2.45. The molecule has 0 aliphatic heterocycles. The second-order valence-corrected chi connectivity index (χ2v) is 8.50. The number of hydrogen-bond acceptors (Lipinski definition) is 6. The van der Waals surface area contributed by atoms with Crippen molar-refractivity contribution in [2.75, 3.05) is 6.54 Å². The van der Waals surface area contributed by atoms with Gasteiger partial charge in [0.15, 0.2) is 0 Å². The van der Waals surface area contributed by atoms with Crippen LogP contribution in [0.1, 0.15) is 37.6 Å². The van der Waals surface area contributed by atoms with Gasteiger partial charge in [0.25, 0.3) is 0 Å². The highest BCUT2D eigenvalue weighted by atomic mass is 16.3. The molecule has 0 radical (unpaired) electrons. The lowest BCUT2D eigenvalue weighted by molar-refractivity contribution is -0.142. The SMILES string of the molecule is CC(C)CCNC(=O)[C@@H](c1cccnc1)N(Cc1ccco1)C(=O)Cn1nnc2ccccc21. The van der Waals surface area contributed by atoms with Crippen LogP contribution in [0.3, 0.4) is 0 Å². The van der Waals surface area contributed by atoms with Crippen molar-refractivity contribution in [1.82, 2.24) is 30.2 Å². The molecular formula is C25H28N6O3. The Morgan fingerprint density at radius 2 is 1.97 bits per heavy atom. The molecule has 0 bridgehead atoms. The number of rotatable bonds is 10. The first-order valence-corrected chi connectivity index (χ1v) is 11.3. The van der Waals surface area contributed by atoms with Crippen LogP contribution in [0, 0.1) is 5.92 Å². The Hall–Kier alpha value is -4.01. The summed E-state index contributed by atoms with van der Waals surface area (Å²) in [4.78, 5) is 32.8. The van der Waals surface area contributed by atoms with E-state index < -0.39 is 6.04 Å². The maximum atomic E-state index is 13.7. The third kappa shape index (κ3) is 5.48. The number of furan rings is 1. The number of para-hydroxylation sites is 1. The first-order valence-electron chi connectivity index (χ1n) is 11.3. The second-order valence-electron chi connectivity index (χ2n) is 8.50. The molecular weight excluding hydrogens is 432 g/mol. The van der Waals surface area contributed by atoms with E-state index in [-0.39, 0.29) is 24.9 Å². The first kappa shape index (κ1) is 23.2. The van der Waals surface area contributed by atoms with Crippen LogP contribution in [-0.2, 0) is 22.7 Å². The lowest BCUT2D eigenvalue weighted by atomic mass is 10.1. The van der Waals surface area contributed by atoms with Gasteiger partial charge in [-0.3, -0.25) is 14.6 Å². The summed E-state index contributed by atoms with van der Waals surface area (Å²) in [6, 6.07) is 13.6. The van der Waals surface area contributed by atoms with Crippen LogP contribution in [0.2, 0.25) is 0 Å². The van der Waals surface area contributed by atoms with E-state index in [1.807, 2.05) is 24.3 Å². The minimum atomic E-state index is -0.881. The largest absolute Gasteiger partial charge is 0.467 e. The molecule has 0 saturated carbocycles. The molecule has 0 spiro atoms. The fourth-order valence-electron chi connectivity index (χ4n) is 3.74. The van der Waals surface area contributed by atoms with Gasteiger partial charge >= 0.3 is 0 Å². The molecule has 1 aromatic carbocycles. The number of benzene rings is 1. The van der Waals surface area contributed by atoms with Gasteiger partial charge in [-0.15, -0.1) is 5.10 Å². The van der Waals surface area contributed by atoms with Crippen LogP contribution in [-0.4, -0.2) is 43.2 Å². The molecule has 0 unspecified atom stereocenters. The molecule has 9 nitrogen and oxygen atoms in total. The highest BCUT2D eigenvalue weighted by Gasteiger charge is 2.32. The lowest BCUT2D eigenvalue weighted by Gasteiger charge is -2.30. The molecule has 2 amide bonds. The molecule has 4 aromatic rings. The van der Waals surface area contributed by atoms with Gasteiger partial charge in [0.2, 0.25) is 11.8 Å². The average molecular weight is 461 g/mol. The van der Waals surface area contributed by atoms with Crippen LogP contribution in [0.15, 0.2) is 71.6 Å². The Labute approximate surface area is 197 Å². The highest BCUT2D eigenvalue weighted by Crippen LogP contribution is 2.24. The number of pyridine rings is 1. The molecule has 3 aromatic heterocycles. The molecule has 1 atom stereocenters. The number of carbonyl (C=O) groups excluding carboxylic acids is 2. The monoisotopic (exact) mass is 460 g/mol. The summed E-state index contributed by atoms with van der Waals surface area (Å²) in [7, 11) is 0. The molecule has 176 valence electrons. The Bertz CT molecular complexity index is 1220. The van der Waals surface area contributed by atoms with Crippen molar-refractivity contribution in [1.29, 1.82) is 0 Å². The van der Waals surface area contributed by atoms with Gasteiger partial charge in [0.05, 0.1) is 18.3 Å². The summed E-state index contributed by atoms with van der Waals surface area (Å²) < 4.78 is 7.07. The Balaban J connectivity index is 1.66. The third-order valence-corrected chi connectivity index (χ3v) is 5.51. The molecule has 9 heteroatoms. The van der Waals surface area contributed by atoms with Gasteiger partial charge in [-0.1, -0.05) is 37.3 Å². The smallest absolute Gasteiger partial charge is 0.247 e. The van der Waals surface area contributed by atoms with Gasteiger partial charge in [0.1, 0.15) is 23.9 Å². The van der Waals surface area contributed by atoms with Crippen LogP contribution >= 0.6 is 0 Å². The normalized spacial score (nSPS) is 12.1. The average Bonchev–Trinajstić information content (AvgIpc) is 3.49. The van der Waals surface area contributed by atoms with Gasteiger partial charge in [-0.2, -0.15) is 0 Å². The molecule has 0 aliphatic rings. The second kappa shape index (κ2) is 10.7. The van der Waals surface area contributed by atoms with Gasteiger partial charge in [0, 0.05) is 24.5 Å². The summed E-state index contributed by atoms with van der Waals surface area (Å²) in [5.41, 5.74) is 2.06. The molecule has 4 rings (SSSR count). The van der Waals surface area contributed by atoms with E-state index in [0.717, 1.165) is 11.9 Å². The molecule has 3 heterocycles. The van der Waals surface area contributed by atoms with Crippen molar-refractivity contribution in [2.24, 2.45) is 5.92 Å². The predicted octanol–water partition coefficient (Wildman–Crippen LogP) is 3.35. The maximum absolute atomic E-state index is 13.7. The van der Waals surface area contributed by atoms with E-state index in [0.29, 0.717) is 29.3 Å². The number of fused-ring (bicyclic) bond motifs is 1. The molecule has 0 fully saturated rings. The van der Waals surface area contributed by atoms with Crippen molar-refractivity contribution in [3.8, 4) is 0 Å². The third-order valence-electron chi connectivity index (χ3n) is 5.51. The minimum absolute atomic E-state index is 0.0722. The molecule has 0 saturated heterocycles. The van der Waals surface area contributed by atoms with Gasteiger partial charge < -0.3 is 14.6 Å². The van der Waals surface area contributed by atoms with Crippen LogP contribution in [0.5, 0.6) is 0 Å². The van der Waals surface area contributed by atoms with Gasteiger partial charge in [-0.05, 0) is 42.7 Å². The molecule has 34 heavy (non-hydrogen) atoms. The topological polar surface area (TPSA) is 106 Å². The number of carbonyl (C=O) groups is 2. The zero-order chi connectivity index (χ0) is 23.9. The van der Waals surface area contributed by atoms with E-state index in [9.17, 15) is 9.59 Å². The number of nitrogens with one attached hydrogen (secondary N) is 1. The Morgan fingerprint density at radius 1 is 1.12 bits per heavy atom. The highest BCUT2D eigenvalue weighted by molar-refractivity contribution is 5.89. The van der Waals surface area contributed by atoms with Crippen molar-refractivity contribution in [3.63, 3.8) is 0 Å². The van der Waals surface area contributed by atoms with E-state index in [1.165, 1.54) is 4.90 Å². The minimum Gasteiger partial charge on any atom is -0.467 e. The number of hydrogen-bond donors (Lipinski definition) is 1. The van der Waals surface area contributed by atoms with Crippen LogP contribution in [0.4, 0.5) is 0 Å². The summed E-state index contributed by atoms with van der Waals surface area (Å²) in [6.07, 6.45) is 5.63. The molecule has 1 N–H and O–H groups in total. The zero-order valence-electron chi connectivity index (χ0n) is 19.3. The number of amides is 2. The summed E-state index contributed by atoms with van der Waals surface area (Å²) in [6.45, 7) is 4.76. The molecule has 0 aliphatic carbocycles. The Morgan fingerprint density at radius 3 is 2.71 bits per heavy atom. The maximum Gasteiger partial charge on any atom is 0.247 e. The van der Waals surface area contributed by atoms with Gasteiger partial charge in [-0.25, -0.2) is 4.68 Å². The van der Waals surface area contributed by atoms with E-state index >= 15 is 0 Å². The first-order chi connectivity index (χ1) is 16.5. The summed E-state index contributed by atoms with van der Waals surface area (Å²) in [5, 5.41) is 11.3. The van der Waals surface area contributed by atoms with Crippen LogP contribution < -0.4 is 5.32 Å².